The van der Waals surface area contributed by atoms with E-state index in [9.17, 15) is 18.0 Å². The minimum absolute atomic E-state index is 0.0776. The lowest BCUT2D eigenvalue weighted by atomic mass is 10.0. The van der Waals surface area contributed by atoms with Crippen LogP contribution < -0.4 is 15.0 Å². The standard InChI is InChI=1S/C21H25F3N6O2/c1-3-18(31)30-6-4-13(10-30)28-19-15-11-29(7-5-17(15)26-12-27-19)14-8-16(21(22,23)24)20(32-2)25-9-14/h8-9,12-13H,3-7,10-11H2,1-2H3,(H,26,27,28)/t13-/m0/s1/i1D3,3D2. The third kappa shape index (κ3) is 4.42. The molecule has 1 fully saturated rings. The van der Waals surface area contributed by atoms with Crippen molar-refractivity contribution in [1.29, 1.82) is 0 Å². The quantitative estimate of drug-likeness (QED) is 0.742. The molecule has 0 aromatic carbocycles. The molecule has 0 radical (unpaired) electrons. The molecule has 2 aromatic rings. The first-order chi connectivity index (χ1) is 17.2. The lowest BCUT2D eigenvalue weighted by Gasteiger charge is -2.31. The van der Waals surface area contributed by atoms with Crippen molar-refractivity contribution in [1.82, 2.24) is 19.9 Å². The van der Waals surface area contributed by atoms with E-state index in [4.69, 9.17) is 11.6 Å². The average molecular weight is 455 g/mol. The van der Waals surface area contributed by atoms with Crippen molar-refractivity contribution in [3.8, 4) is 5.88 Å². The van der Waals surface area contributed by atoms with Crippen molar-refractivity contribution < 1.29 is 29.6 Å². The summed E-state index contributed by atoms with van der Waals surface area (Å²) >= 11 is 0. The molecule has 2 aliphatic rings. The molecule has 0 bridgehead atoms. The van der Waals surface area contributed by atoms with E-state index in [-0.39, 0.29) is 31.4 Å². The van der Waals surface area contributed by atoms with Gasteiger partial charge in [-0.15, -0.1) is 0 Å². The molecule has 0 aliphatic carbocycles. The fraction of sp³-hybridized carbons (Fsp3) is 0.524. The van der Waals surface area contributed by atoms with Gasteiger partial charge in [-0.3, -0.25) is 4.79 Å². The predicted molar refractivity (Wildman–Crippen MR) is 111 cm³/mol. The summed E-state index contributed by atoms with van der Waals surface area (Å²) < 4.78 is 82.7. The molecule has 172 valence electrons. The van der Waals surface area contributed by atoms with Crippen LogP contribution in [0.25, 0.3) is 0 Å². The van der Waals surface area contributed by atoms with E-state index in [1.807, 2.05) is 0 Å². The maximum atomic E-state index is 13.5. The van der Waals surface area contributed by atoms with Gasteiger partial charge in [0.2, 0.25) is 11.8 Å². The molecule has 1 N–H and O–H groups in total. The number of carbonyl (C=O) groups is 1. The molecule has 8 nitrogen and oxygen atoms in total. The molecule has 0 spiro atoms. The predicted octanol–water partition coefficient (Wildman–Crippen LogP) is 2.88. The number of anilines is 2. The summed E-state index contributed by atoms with van der Waals surface area (Å²) in [5.74, 6) is -1.16. The number of nitrogens with zero attached hydrogens (tertiary/aromatic N) is 5. The van der Waals surface area contributed by atoms with Gasteiger partial charge in [0, 0.05) is 57.4 Å². The first-order valence-electron chi connectivity index (χ1n) is 12.5. The summed E-state index contributed by atoms with van der Waals surface area (Å²) in [4.78, 5) is 27.8. The molecular formula is C21H25F3N6O2. The van der Waals surface area contributed by atoms with E-state index < -0.39 is 36.8 Å². The minimum atomic E-state index is -4.64. The van der Waals surface area contributed by atoms with Gasteiger partial charge in [0.25, 0.3) is 0 Å². The van der Waals surface area contributed by atoms with Gasteiger partial charge in [-0.05, 0) is 12.5 Å². The Labute approximate surface area is 190 Å². The van der Waals surface area contributed by atoms with Crippen molar-refractivity contribution >= 4 is 17.4 Å². The van der Waals surface area contributed by atoms with Crippen molar-refractivity contribution in [2.75, 3.05) is 37.0 Å². The van der Waals surface area contributed by atoms with E-state index in [2.05, 4.69) is 20.3 Å². The molecule has 4 rings (SSSR count). The van der Waals surface area contributed by atoms with Gasteiger partial charge in [0.1, 0.15) is 17.7 Å². The number of fused-ring (bicyclic) bond motifs is 1. The molecule has 11 heteroatoms. The van der Waals surface area contributed by atoms with Crippen molar-refractivity contribution in [2.45, 2.75) is 44.8 Å². The third-order valence-corrected chi connectivity index (χ3v) is 5.63. The number of alkyl halides is 3. The number of methoxy groups -OCH3 is 1. The molecule has 1 amide bonds. The molecule has 32 heavy (non-hydrogen) atoms. The summed E-state index contributed by atoms with van der Waals surface area (Å²) in [7, 11) is 1.12. The Hall–Kier alpha value is -3.11. The highest BCUT2D eigenvalue weighted by atomic mass is 19.4. The topological polar surface area (TPSA) is 83.5 Å². The van der Waals surface area contributed by atoms with Crippen LogP contribution in [-0.4, -0.2) is 58.5 Å². The number of hydrogen-bond donors (Lipinski definition) is 1. The second kappa shape index (κ2) is 8.79. The zero-order chi connectivity index (χ0) is 27.2. The fourth-order valence-corrected chi connectivity index (χ4v) is 4.00. The number of carbonyl (C=O) groups excluding carboxylic acids is 1. The van der Waals surface area contributed by atoms with Gasteiger partial charge in [-0.1, -0.05) is 6.85 Å². The van der Waals surface area contributed by atoms with Crippen LogP contribution in [0.15, 0.2) is 18.6 Å². The van der Waals surface area contributed by atoms with Gasteiger partial charge in [-0.25, -0.2) is 15.0 Å². The lowest BCUT2D eigenvalue weighted by Crippen LogP contribution is -2.34. The molecule has 2 aromatic heterocycles. The van der Waals surface area contributed by atoms with Crippen LogP contribution in [0.2, 0.25) is 0 Å². The average Bonchev–Trinajstić information content (AvgIpc) is 3.30. The number of likely N-dealkylation sites (tertiary alicyclic amines) is 1. The van der Waals surface area contributed by atoms with Gasteiger partial charge in [0.05, 0.1) is 24.7 Å². The maximum Gasteiger partial charge on any atom is 0.421 e. The van der Waals surface area contributed by atoms with E-state index in [0.29, 0.717) is 30.8 Å². The van der Waals surface area contributed by atoms with Crippen LogP contribution in [-0.2, 0) is 23.9 Å². The monoisotopic (exact) mass is 455 g/mol. The number of ether oxygens (including phenoxy) is 1. The zero-order valence-electron chi connectivity index (χ0n) is 22.2. The van der Waals surface area contributed by atoms with Crippen molar-refractivity contribution in [3.05, 3.63) is 35.4 Å². The number of aromatic nitrogens is 3. The van der Waals surface area contributed by atoms with Crippen LogP contribution in [0.5, 0.6) is 5.88 Å². The highest BCUT2D eigenvalue weighted by Gasteiger charge is 2.36. The highest BCUT2D eigenvalue weighted by molar-refractivity contribution is 5.76. The molecule has 0 unspecified atom stereocenters. The van der Waals surface area contributed by atoms with Crippen LogP contribution in [0.4, 0.5) is 24.7 Å². The van der Waals surface area contributed by atoms with Crippen LogP contribution in [0.3, 0.4) is 0 Å². The first-order valence-corrected chi connectivity index (χ1v) is 9.97. The largest absolute Gasteiger partial charge is 0.481 e. The molecular weight excluding hydrogens is 425 g/mol. The molecule has 1 atom stereocenters. The second-order valence-corrected chi connectivity index (χ2v) is 7.57. The number of halogens is 3. The number of pyridine rings is 1. The smallest absolute Gasteiger partial charge is 0.421 e. The fourth-order valence-electron chi connectivity index (χ4n) is 4.00. The number of rotatable bonds is 5. The Morgan fingerprint density at radius 1 is 1.38 bits per heavy atom. The van der Waals surface area contributed by atoms with E-state index in [1.54, 1.807) is 4.90 Å². The van der Waals surface area contributed by atoms with Crippen molar-refractivity contribution in [3.63, 3.8) is 0 Å². The Morgan fingerprint density at radius 2 is 2.22 bits per heavy atom. The lowest BCUT2D eigenvalue weighted by molar-refractivity contribution is -0.139. The molecule has 1 saturated heterocycles. The van der Waals surface area contributed by atoms with Crippen LogP contribution in [0.1, 0.15) is 43.3 Å². The van der Waals surface area contributed by atoms with Crippen molar-refractivity contribution in [2.24, 2.45) is 0 Å². The SMILES string of the molecule is [2H]C([2H])([2H])C([2H])([2H])C(=O)N1CC[C@H](Nc2ncnc3c2CN(c2cnc(OC)c(C(F)(F)F)c2)CC3)C1. The summed E-state index contributed by atoms with van der Waals surface area (Å²) in [6.45, 7) is -2.23. The Bertz CT molecular complexity index is 1180. The number of amides is 1. The maximum absolute atomic E-state index is 13.5. The minimum Gasteiger partial charge on any atom is -0.481 e. The highest BCUT2D eigenvalue weighted by Crippen LogP contribution is 2.38. The number of nitrogens with one attached hydrogen (secondary N) is 1. The normalized spacial score (nSPS) is 21.6. The summed E-state index contributed by atoms with van der Waals surface area (Å²) in [6, 6.07) is 0.665. The van der Waals surface area contributed by atoms with E-state index >= 15 is 0 Å². The molecule has 0 saturated carbocycles. The second-order valence-electron chi connectivity index (χ2n) is 7.57. The first kappa shape index (κ1) is 16.5. The van der Waals surface area contributed by atoms with Crippen LogP contribution in [0, 0.1) is 0 Å². The Kier molecular flexibility index (Phi) is 4.54. The molecule has 2 aliphatic heterocycles. The Morgan fingerprint density at radius 3 is 2.97 bits per heavy atom. The number of hydrogen-bond acceptors (Lipinski definition) is 7. The van der Waals surface area contributed by atoms with Gasteiger partial charge in [0.15, 0.2) is 0 Å². The van der Waals surface area contributed by atoms with Crippen LogP contribution >= 0.6 is 0 Å². The van der Waals surface area contributed by atoms with E-state index in [1.165, 1.54) is 17.4 Å². The molecule has 4 heterocycles. The Balaban J connectivity index is 1.51. The summed E-state index contributed by atoms with van der Waals surface area (Å²) in [6.07, 6.45) is -4.07. The zero-order valence-corrected chi connectivity index (χ0v) is 17.2. The summed E-state index contributed by atoms with van der Waals surface area (Å²) in [5, 5.41) is 3.22. The van der Waals surface area contributed by atoms with Gasteiger partial charge >= 0.3 is 6.18 Å². The third-order valence-electron chi connectivity index (χ3n) is 5.63. The van der Waals surface area contributed by atoms with Gasteiger partial charge < -0.3 is 19.9 Å². The van der Waals surface area contributed by atoms with Gasteiger partial charge in [-0.2, -0.15) is 13.2 Å². The van der Waals surface area contributed by atoms with E-state index in [0.717, 1.165) is 18.9 Å². The summed E-state index contributed by atoms with van der Waals surface area (Å²) in [5.41, 5.74) is 0.698.